The lowest BCUT2D eigenvalue weighted by molar-refractivity contribution is 0.0628. The molecule has 0 bridgehead atoms. The second-order valence-corrected chi connectivity index (χ2v) is 5.79. The first-order valence-corrected chi connectivity index (χ1v) is 7.72. The largest absolute Gasteiger partial charge is 0.378 e. The first kappa shape index (κ1) is 15.4. The summed E-state index contributed by atoms with van der Waals surface area (Å²) in [6, 6.07) is 7.66. The molecule has 0 radical (unpaired) electrons. The number of aromatic nitrogens is 2. The third-order valence-corrected chi connectivity index (χ3v) is 4.07. The summed E-state index contributed by atoms with van der Waals surface area (Å²) in [7, 11) is 3.91. The molecule has 120 valence electrons. The molecule has 1 aliphatic rings. The van der Waals surface area contributed by atoms with E-state index in [1.807, 2.05) is 48.2 Å². The van der Waals surface area contributed by atoms with Crippen LogP contribution in [0.25, 0.3) is 0 Å². The van der Waals surface area contributed by atoms with Crippen LogP contribution in [0.4, 0.5) is 5.69 Å². The van der Waals surface area contributed by atoms with Crippen LogP contribution in [-0.2, 0) is 0 Å². The van der Waals surface area contributed by atoms with E-state index < -0.39 is 0 Å². The highest BCUT2D eigenvalue weighted by atomic mass is 16.2. The zero-order valence-corrected chi connectivity index (χ0v) is 13.4. The predicted octanol–water partition coefficient (Wildman–Crippen LogP) is 1.33. The molecule has 2 aromatic heterocycles. The summed E-state index contributed by atoms with van der Waals surface area (Å²) in [5.74, 6) is -0.0305. The number of rotatable bonds is 3. The van der Waals surface area contributed by atoms with E-state index >= 15 is 0 Å². The van der Waals surface area contributed by atoms with Gasteiger partial charge in [-0.15, -0.1) is 0 Å². The molecule has 6 nitrogen and oxygen atoms in total. The van der Waals surface area contributed by atoms with Crippen molar-refractivity contribution in [1.29, 1.82) is 0 Å². The van der Waals surface area contributed by atoms with Crippen LogP contribution < -0.4 is 10.2 Å². The van der Waals surface area contributed by atoms with Gasteiger partial charge in [0.15, 0.2) is 0 Å². The lowest BCUT2D eigenvalue weighted by Crippen LogP contribution is -2.48. The van der Waals surface area contributed by atoms with E-state index in [1.54, 1.807) is 18.6 Å². The van der Waals surface area contributed by atoms with Crippen molar-refractivity contribution < 1.29 is 4.79 Å². The average molecular weight is 311 g/mol. The number of piperazine rings is 1. The molecule has 1 aliphatic heterocycles. The summed E-state index contributed by atoms with van der Waals surface area (Å²) in [4.78, 5) is 25.2. The van der Waals surface area contributed by atoms with Crippen LogP contribution in [0, 0.1) is 0 Å². The van der Waals surface area contributed by atoms with Gasteiger partial charge in [-0.1, -0.05) is 0 Å². The van der Waals surface area contributed by atoms with Gasteiger partial charge >= 0.3 is 0 Å². The maximum absolute atomic E-state index is 13.0. The molecule has 6 heteroatoms. The number of hydrogen-bond donors (Lipinski definition) is 1. The van der Waals surface area contributed by atoms with Gasteiger partial charge in [0.2, 0.25) is 0 Å². The molecule has 23 heavy (non-hydrogen) atoms. The monoisotopic (exact) mass is 311 g/mol. The Hall–Kier alpha value is -2.47. The van der Waals surface area contributed by atoms with E-state index in [1.165, 1.54) is 0 Å². The Morgan fingerprint density at radius 3 is 2.78 bits per heavy atom. The number of pyridine rings is 2. The van der Waals surface area contributed by atoms with E-state index in [9.17, 15) is 4.79 Å². The molecule has 1 amide bonds. The number of carbonyl (C=O) groups is 1. The number of nitrogens with zero attached hydrogens (tertiary/aromatic N) is 4. The third kappa shape index (κ3) is 3.32. The fourth-order valence-corrected chi connectivity index (χ4v) is 2.79. The molecular formula is C17H21N5O. The smallest absolute Gasteiger partial charge is 0.273 e. The van der Waals surface area contributed by atoms with E-state index in [0.29, 0.717) is 12.2 Å². The predicted molar refractivity (Wildman–Crippen MR) is 89.4 cm³/mol. The summed E-state index contributed by atoms with van der Waals surface area (Å²) in [5.41, 5.74) is 2.54. The molecule has 3 heterocycles. The second-order valence-electron chi connectivity index (χ2n) is 5.79. The van der Waals surface area contributed by atoms with Crippen molar-refractivity contribution in [2.45, 2.75) is 6.04 Å². The van der Waals surface area contributed by atoms with Crippen LogP contribution in [0.5, 0.6) is 0 Å². The average Bonchev–Trinajstić information content (AvgIpc) is 2.62. The van der Waals surface area contributed by atoms with Gasteiger partial charge in [0, 0.05) is 58.0 Å². The first-order chi connectivity index (χ1) is 11.2. The Morgan fingerprint density at radius 1 is 1.26 bits per heavy atom. The van der Waals surface area contributed by atoms with Crippen molar-refractivity contribution in [3.05, 3.63) is 54.1 Å². The van der Waals surface area contributed by atoms with Gasteiger partial charge in [-0.3, -0.25) is 14.8 Å². The van der Waals surface area contributed by atoms with Crippen molar-refractivity contribution in [2.75, 3.05) is 38.6 Å². The van der Waals surface area contributed by atoms with E-state index in [0.717, 1.165) is 24.3 Å². The summed E-state index contributed by atoms with van der Waals surface area (Å²) >= 11 is 0. The maximum Gasteiger partial charge on any atom is 0.273 e. The molecule has 0 spiro atoms. The fourth-order valence-electron chi connectivity index (χ4n) is 2.79. The SMILES string of the molecule is CN(C)c1ccnc(C(=O)N2CCNCC2c2ccncc2)c1. The van der Waals surface area contributed by atoms with Gasteiger partial charge < -0.3 is 15.1 Å². The van der Waals surface area contributed by atoms with Gasteiger partial charge in [-0.2, -0.15) is 0 Å². The topological polar surface area (TPSA) is 61.4 Å². The third-order valence-electron chi connectivity index (χ3n) is 4.07. The maximum atomic E-state index is 13.0. The Morgan fingerprint density at radius 2 is 2.04 bits per heavy atom. The number of amides is 1. The fraction of sp³-hybridized carbons (Fsp3) is 0.353. The molecule has 0 saturated carbocycles. The molecule has 1 fully saturated rings. The molecule has 1 N–H and O–H groups in total. The van der Waals surface area contributed by atoms with Crippen LogP contribution >= 0.6 is 0 Å². The molecular weight excluding hydrogens is 290 g/mol. The quantitative estimate of drug-likeness (QED) is 0.926. The van der Waals surface area contributed by atoms with Crippen LogP contribution in [-0.4, -0.2) is 54.5 Å². The zero-order chi connectivity index (χ0) is 16.2. The van der Waals surface area contributed by atoms with Crippen LogP contribution in [0.3, 0.4) is 0 Å². The molecule has 1 saturated heterocycles. The molecule has 0 aromatic carbocycles. The summed E-state index contributed by atoms with van der Waals surface area (Å²) < 4.78 is 0. The van der Waals surface area contributed by atoms with Crippen LogP contribution in [0.1, 0.15) is 22.1 Å². The highest BCUT2D eigenvalue weighted by Gasteiger charge is 2.29. The van der Waals surface area contributed by atoms with Crippen molar-refractivity contribution in [3.8, 4) is 0 Å². The van der Waals surface area contributed by atoms with E-state index in [4.69, 9.17) is 0 Å². The number of hydrogen-bond acceptors (Lipinski definition) is 5. The van der Waals surface area contributed by atoms with Gasteiger partial charge in [0.25, 0.3) is 5.91 Å². The van der Waals surface area contributed by atoms with Crippen LogP contribution in [0.2, 0.25) is 0 Å². The van der Waals surface area contributed by atoms with Crippen molar-refractivity contribution >= 4 is 11.6 Å². The van der Waals surface area contributed by atoms with Gasteiger partial charge in [0.1, 0.15) is 5.69 Å². The lowest BCUT2D eigenvalue weighted by atomic mass is 10.0. The van der Waals surface area contributed by atoms with Crippen molar-refractivity contribution in [1.82, 2.24) is 20.2 Å². The molecule has 0 aliphatic carbocycles. The summed E-state index contributed by atoms with van der Waals surface area (Å²) in [5, 5.41) is 3.36. The highest BCUT2D eigenvalue weighted by Crippen LogP contribution is 2.24. The molecule has 1 unspecified atom stereocenters. The van der Waals surface area contributed by atoms with Crippen molar-refractivity contribution in [3.63, 3.8) is 0 Å². The first-order valence-electron chi connectivity index (χ1n) is 7.72. The minimum Gasteiger partial charge on any atom is -0.378 e. The number of nitrogens with one attached hydrogen (secondary N) is 1. The summed E-state index contributed by atoms with van der Waals surface area (Å²) in [6.45, 7) is 2.20. The van der Waals surface area contributed by atoms with Crippen molar-refractivity contribution in [2.24, 2.45) is 0 Å². The second kappa shape index (κ2) is 6.75. The molecule has 1 atom stereocenters. The Bertz CT molecular complexity index is 674. The molecule has 2 aromatic rings. The normalized spacial score (nSPS) is 17.8. The summed E-state index contributed by atoms with van der Waals surface area (Å²) in [6.07, 6.45) is 5.21. The Labute approximate surface area is 136 Å². The van der Waals surface area contributed by atoms with Gasteiger partial charge in [-0.25, -0.2) is 0 Å². The minimum absolute atomic E-state index is 0.00376. The van der Waals surface area contributed by atoms with E-state index in [-0.39, 0.29) is 11.9 Å². The minimum atomic E-state index is -0.0305. The Kier molecular flexibility index (Phi) is 4.52. The Balaban J connectivity index is 1.88. The number of carbonyl (C=O) groups excluding carboxylic acids is 1. The van der Waals surface area contributed by atoms with Gasteiger partial charge in [0.05, 0.1) is 6.04 Å². The van der Waals surface area contributed by atoms with E-state index in [2.05, 4.69) is 15.3 Å². The standard InChI is InChI=1S/C17H21N5O/c1-21(2)14-5-8-20-15(11-14)17(23)22-10-9-19-12-16(22)13-3-6-18-7-4-13/h3-8,11,16,19H,9-10,12H2,1-2H3. The van der Waals surface area contributed by atoms with Crippen LogP contribution in [0.15, 0.2) is 42.9 Å². The van der Waals surface area contributed by atoms with Gasteiger partial charge in [-0.05, 0) is 29.8 Å². The molecule has 3 rings (SSSR count). The highest BCUT2D eigenvalue weighted by molar-refractivity contribution is 5.93. The lowest BCUT2D eigenvalue weighted by Gasteiger charge is -2.36. The zero-order valence-electron chi connectivity index (χ0n) is 13.4. The number of anilines is 1.